The van der Waals surface area contributed by atoms with E-state index in [-0.39, 0.29) is 23.8 Å². The first-order valence-corrected chi connectivity index (χ1v) is 6.29. The van der Waals surface area contributed by atoms with Crippen molar-refractivity contribution < 1.29 is 19.4 Å². The number of methoxy groups -OCH3 is 1. The van der Waals surface area contributed by atoms with Crippen molar-refractivity contribution >= 4 is 11.8 Å². The van der Waals surface area contributed by atoms with Crippen LogP contribution in [0.2, 0.25) is 0 Å². The second kappa shape index (κ2) is 6.79. The summed E-state index contributed by atoms with van der Waals surface area (Å²) in [6.07, 6.45) is 0. The summed E-state index contributed by atoms with van der Waals surface area (Å²) in [5.41, 5.74) is 5.25. The van der Waals surface area contributed by atoms with Crippen molar-refractivity contribution in [2.75, 3.05) is 20.2 Å². The maximum absolute atomic E-state index is 12.4. The predicted octanol–water partition coefficient (Wildman–Crippen LogP) is 0.984. The standard InChI is InChI=1S/C14H20N2O4/c1-9(2)7-16(8-13(15)18)14(19)11-6-10(20-3)4-5-12(11)17/h4-6,9,17H,7-8H2,1-3H3,(H2,15,18). The van der Waals surface area contributed by atoms with Crippen LogP contribution in [0.5, 0.6) is 11.5 Å². The molecular weight excluding hydrogens is 260 g/mol. The second-order valence-corrected chi connectivity index (χ2v) is 4.93. The third kappa shape index (κ3) is 4.15. The van der Waals surface area contributed by atoms with Crippen LogP contribution in [0.25, 0.3) is 0 Å². The topological polar surface area (TPSA) is 92.9 Å². The zero-order chi connectivity index (χ0) is 15.3. The van der Waals surface area contributed by atoms with Crippen molar-refractivity contribution in [1.82, 2.24) is 4.90 Å². The molecule has 1 aromatic carbocycles. The van der Waals surface area contributed by atoms with E-state index in [1.165, 1.54) is 24.1 Å². The number of nitrogens with zero attached hydrogens (tertiary/aromatic N) is 1. The molecule has 0 saturated heterocycles. The molecule has 0 fully saturated rings. The summed E-state index contributed by atoms with van der Waals surface area (Å²) in [5, 5.41) is 9.80. The maximum atomic E-state index is 12.4. The van der Waals surface area contributed by atoms with Crippen LogP contribution in [-0.4, -0.2) is 42.0 Å². The summed E-state index contributed by atoms with van der Waals surface area (Å²) in [6, 6.07) is 4.36. The Balaban J connectivity index is 3.07. The lowest BCUT2D eigenvalue weighted by Gasteiger charge is -2.23. The fourth-order valence-corrected chi connectivity index (χ4v) is 1.83. The second-order valence-electron chi connectivity index (χ2n) is 4.93. The van der Waals surface area contributed by atoms with Crippen LogP contribution in [-0.2, 0) is 4.79 Å². The van der Waals surface area contributed by atoms with Gasteiger partial charge in [-0.2, -0.15) is 0 Å². The van der Waals surface area contributed by atoms with Crippen LogP contribution in [0.1, 0.15) is 24.2 Å². The molecule has 0 bridgehead atoms. The molecule has 0 unspecified atom stereocenters. The van der Waals surface area contributed by atoms with Gasteiger partial charge >= 0.3 is 0 Å². The monoisotopic (exact) mass is 280 g/mol. The highest BCUT2D eigenvalue weighted by molar-refractivity contribution is 5.99. The number of phenols is 1. The Morgan fingerprint density at radius 1 is 1.40 bits per heavy atom. The van der Waals surface area contributed by atoms with E-state index in [1.54, 1.807) is 6.07 Å². The van der Waals surface area contributed by atoms with Crippen LogP contribution in [0.3, 0.4) is 0 Å². The van der Waals surface area contributed by atoms with E-state index in [9.17, 15) is 14.7 Å². The number of hydrogen-bond donors (Lipinski definition) is 2. The molecule has 0 aliphatic heterocycles. The van der Waals surface area contributed by atoms with Crippen molar-refractivity contribution in [2.24, 2.45) is 11.7 Å². The number of primary amides is 1. The number of hydrogen-bond acceptors (Lipinski definition) is 4. The number of benzene rings is 1. The molecule has 0 aliphatic rings. The van der Waals surface area contributed by atoms with Gasteiger partial charge in [0.05, 0.1) is 19.2 Å². The molecule has 110 valence electrons. The van der Waals surface area contributed by atoms with Gasteiger partial charge in [0.1, 0.15) is 11.5 Å². The van der Waals surface area contributed by atoms with Gasteiger partial charge in [-0.1, -0.05) is 13.8 Å². The summed E-state index contributed by atoms with van der Waals surface area (Å²) < 4.78 is 5.03. The summed E-state index contributed by atoms with van der Waals surface area (Å²) in [7, 11) is 1.47. The van der Waals surface area contributed by atoms with Crippen molar-refractivity contribution in [1.29, 1.82) is 0 Å². The Morgan fingerprint density at radius 3 is 2.55 bits per heavy atom. The van der Waals surface area contributed by atoms with Gasteiger partial charge in [0.25, 0.3) is 5.91 Å². The average molecular weight is 280 g/mol. The van der Waals surface area contributed by atoms with Crippen molar-refractivity contribution in [3.8, 4) is 11.5 Å². The summed E-state index contributed by atoms with van der Waals surface area (Å²) in [5.74, 6) is -0.579. The fraction of sp³-hybridized carbons (Fsp3) is 0.429. The van der Waals surface area contributed by atoms with Gasteiger partial charge in [0.2, 0.25) is 5.91 Å². The zero-order valence-corrected chi connectivity index (χ0v) is 11.9. The van der Waals surface area contributed by atoms with Crippen LogP contribution in [0.4, 0.5) is 0 Å². The van der Waals surface area contributed by atoms with Gasteiger partial charge in [-0.05, 0) is 24.1 Å². The molecule has 0 saturated carbocycles. The molecule has 1 rings (SSSR count). The number of amides is 2. The van der Waals surface area contributed by atoms with Gasteiger partial charge in [0, 0.05) is 6.54 Å². The lowest BCUT2D eigenvalue weighted by atomic mass is 10.1. The predicted molar refractivity (Wildman–Crippen MR) is 74.6 cm³/mol. The minimum atomic E-state index is -0.596. The van der Waals surface area contributed by atoms with Gasteiger partial charge < -0.3 is 20.5 Å². The third-order valence-corrected chi connectivity index (χ3v) is 2.65. The fourth-order valence-electron chi connectivity index (χ4n) is 1.83. The van der Waals surface area contributed by atoms with Gasteiger partial charge in [-0.3, -0.25) is 9.59 Å². The first-order chi connectivity index (χ1) is 9.35. The molecule has 1 aromatic rings. The third-order valence-electron chi connectivity index (χ3n) is 2.65. The molecule has 0 radical (unpaired) electrons. The Hall–Kier alpha value is -2.24. The summed E-state index contributed by atoms with van der Waals surface area (Å²) in [6.45, 7) is 4.03. The first kappa shape index (κ1) is 15.8. The van der Waals surface area contributed by atoms with Crippen LogP contribution < -0.4 is 10.5 Å². The molecule has 0 aromatic heterocycles. The molecule has 20 heavy (non-hydrogen) atoms. The Kier molecular flexibility index (Phi) is 5.37. The molecule has 6 nitrogen and oxygen atoms in total. The number of ether oxygens (including phenoxy) is 1. The van der Waals surface area contributed by atoms with E-state index in [0.717, 1.165) is 0 Å². The van der Waals surface area contributed by atoms with E-state index in [2.05, 4.69) is 0 Å². The number of aromatic hydroxyl groups is 1. The Labute approximate surface area is 118 Å². The minimum Gasteiger partial charge on any atom is -0.507 e. The van der Waals surface area contributed by atoms with Crippen LogP contribution in [0, 0.1) is 5.92 Å². The SMILES string of the molecule is COc1ccc(O)c(C(=O)N(CC(N)=O)CC(C)C)c1. The van der Waals surface area contributed by atoms with E-state index in [1.807, 2.05) is 13.8 Å². The zero-order valence-electron chi connectivity index (χ0n) is 11.9. The number of phenolic OH excluding ortho intramolecular Hbond substituents is 1. The molecule has 0 spiro atoms. The van der Waals surface area contributed by atoms with Gasteiger partial charge in [-0.15, -0.1) is 0 Å². The smallest absolute Gasteiger partial charge is 0.258 e. The van der Waals surface area contributed by atoms with Gasteiger partial charge in [-0.25, -0.2) is 0 Å². The lowest BCUT2D eigenvalue weighted by molar-refractivity contribution is -0.118. The lowest BCUT2D eigenvalue weighted by Crippen LogP contribution is -2.40. The van der Waals surface area contributed by atoms with E-state index >= 15 is 0 Å². The summed E-state index contributed by atoms with van der Waals surface area (Å²) >= 11 is 0. The number of nitrogens with two attached hydrogens (primary N) is 1. The quantitative estimate of drug-likeness (QED) is 0.812. The van der Waals surface area contributed by atoms with Crippen molar-refractivity contribution in [3.63, 3.8) is 0 Å². The van der Waals surface area contributed by atoms with E-state index in [4.69, 9.17) is 10.5 Å². The molecule has 0 atom stereocenters. The molecule has 0 heterocycles. The van der Waals surface area contributed by atoms with Crippen molar-refractivity contribution in [3.05, 3.63) is 23.8 Å². The largest absolute Gasteiger partial charge is 0.507 e. The number of carbonyl (C=O) groups excluding carboxylic acids is 2. The van der Waals surface area contributed by atoms with E-state index in [0.29, 0.717) is 12.3 Å². The average Bonchev–Trinajstić information content (AvgIpc) is 2.36. The number of carbonyl (C=O) groups is 2. The highest BCUT2D eigenvalue weighted by Crippen LogP contribution is 2.24. The van der Waals surface area contributed by atoms with Crippen LogP contribution >= 0.6 is 0 Å². The molecule has 0 aliphatic carbocycles. The Morgan fingerprint density at radius 2 is 2.05 bits per heavy atom. The number of rotatable bonds is 6. The van der Waals surface area contributed by atoms with Crippen molar-refractivity contribution in [2.45, 2.75) is 13.8 Å². The molecule has 3 N–H and O–H groups in total. The highest BCUT2D eigenvalue weighted by Gasteiger charge is 2.22. The summed E-state index contributed by atoms with van der Waals surface area (Å²) in [4.78, 5) is 24.8. The molecule has 6 heteroatoms. The Bertz CT molecular complexity index is 500. The van der Waals surface area contributed by atoms with Gasteiger partial charge in [0.15, 0.2) is 0 Å². The molecular formula is C14H20N2O4. The minimum absolute atomic E-state index is 0.0891. The normalized spacial score (nSPS) is 10.4. The molecule has 2 amide bonds. The highest BCUT2D eigenvalue weighted by atomic mass is 16.5. The van der Waals surface area contributed by atoms with Crippen LogP contribution in [0.15, 0.2) is 18.2 Å². The maximum Gasteiger partial charge on any atom is 0.258 e. The first-order valence-electron chi connectivity index (χ1n) is 6.29. The van der Waals surface area contributed by atoms with E-state index < -0.39 is 11.8 Å².